The number of nitrogens with zero attached hydrogens (tertiary/aromatic N) is 3. The van der Waals surface area contributed by atoms with E-state index in [2.05, 4.69) is 20.8 Å². The average Bonchev–Trinajstić information content (AvgIpc) is 0.835. The van der Waals surface area contributed by atoms with Crippen LogP contribution in [-0.2, 0) is 71.6 Å². The van der Waals surface area contributed by atoms with Crippen molar-refractivity contribution < 1.29 is 97.2 Å². The van der Waals surface area contributed by atoms with E-state index in [1.165, 1.54) is 366 Å². The van der Waals surface area contributed by atoms with Crippen molar-refractivity contribution in [2.75, 3.05) is 78.8 Å². The molecule has 130 heavy (non-hydrogen) atoms. The molecular weight excluding hydrogens is 1650 g/mol. The quantitative estimate of drug-likeness (QED) is 0.0163. The molecule has 0 heterocycles. The largest absolute Gasteiger partial charge is 0.480 e. The minimum absolute atomic E-state index is 0.00897. The van der Waals surface area contributed by atoms with Crippen LogP contribution >= 0.6 is 0 Å². The summed E-state index contributed by atoms with van der Waals surface area (Å²) >= 11 is 0. The van der Waals surface area contributed by atoms with E-state index in [-0.39, 0.29) is 45.4 Å². The second-order valence-electron chi connectivity index (χ2n) is 38.4. The van der Waals surface area contributed by atoms with Crippen LogP contribution in [0.15, 0.2) is 0 Å². The molecule has 0 aromatic rings. The van der Waals surface area contributed by atoms with Gasteiger partial charge in [-0.15, -0.1) is 0 Å². The number of esters is 5. The van der Waals surface area contributed by atoms with Gasteiger partial charge in [0.25, 0.3) is 0 Å². The van der Waals surface area contributed by atoms with Crippen molar-refractivity contribution >= 4 is 59.7 Å². The van der Waals surface area contributed by atoms with E-state index in [4.69, 9.17) is 23.7 Å². The molecule has 0 amide bonds. The molecule has 23 heteroatoms. The maximum Gasteiger partial charge on any atom is 0.322 e. The fourth-order valence-corrected chi connectivity index (χ4v) is 17.6. The number of carbonyl (C=O) groups excluding carboxylic acids is 5. The summed E-state index contributed by atoms with van der Waals surface area (Å²) in [5.41, 5.74) is -1.82. The number of hydrogen-bond acceptors (Lipinski definition) is 18. The fraction of sp³-hybridized carbons (Fsp3) is 0.907. The molecule has 0 spiro atoms. The lowest BCUT2D eigenvalue weighted by atomic mass is 9.91. The Hall–Kier alpha value is -5.42. The maximum absolute atomic E-state index is 14.7. The number of rotatable bonds is 106. The number of aliphatic carboxylic acids is 5. The predicted octanol–water partition coefficient (Wildman–Crippen LogP) is 27.6. The number of carbonyl (C=O) groups is 10. The molecule has 0 aliphatic rings. The Morgan fingerprint density at radius 3 is 0.608 bits per heavy atom. The first-order chi connectivity index (χ1) is 63.3. The maximum atomic E-state index is 14.7. The molecule has 0 saturated carbocycles. The van der Waals surface area contributed by atoms with E-state index in [1.807, 2.05) is 0 Å². The van der Waals surface area contributed by atoms with Crippen LogP contribution in [0.5, 0.6) is 0 Å². The zero-order valence-electron chi connectivity index (χ0n) is 83.8. The van der Waals surface area contributed by atoms with Gasteiger partial charge in [0, 0.05) is 38.8 Å². The molecular formula is C107H199N3O20. The normalized spacial score (nSPS) is 11.9. The van der Waals surface area contributed by atoms with Crippen molar-refractivity contribution in [2.45, 2.75) is 541 Å². The van der Waals surface area contributed by atoms with Gasteiger partial charge in [-0.05, 0) is 32.1 Å². The van der Waals surface area contributed by atoms with Gasteiger partial charge in [0.05, 0.1) is 45.5 Å². The first-order valence-electron chi connectivity index (χ1n) is 54.4. The molecule has 0 radical (unpaired) electrons. The summed E-state index contributed by atoms with van der Waals surface area (Å²) in [6.07, 6.45) is 90.5. The molecule has 0 saturated heterocycles. The highest BCUT2D eigenvalue weighted by molar-refractivity contribution is 5.80. The molecule has 0 aromatic heterocycles. The van der Waals surface area contributed by atoms with Gasteiger partial charge < -0.3 is 49.2 Å². The summed E-state index contributed by atoms with van der Waals surface area (Å²) in [7, 11) is 0. The van der Waals surface area contributed by atoms with Crippen molar-refractivity contribution in [2.24, 2.45) is 5.41 Å². The van der Waals surface area contributed by atoms with Crippen LogP contribution in [-0.4, -0.2) is 185 Å². The Morgan fingerprint density at radius 2 is 0.400 bits per heavy atom. The van der Waals surface area contributed by atoms with Gasteiger partial charge in [-0.2, -0.15) is 0 Å². The van der Waals surface area contributed by atoms with Crippen molar-refractivity contribution in [3.05, 3.63) is 0 Å². The van der Waals surface area contributed by atoms with Crippen LogP contribution in [0.4, 0.5) is 0 Å². The monoisotopic (exact) mass is 1850 g/mol. The summed E-state index contributed by atoms with van der Waals surface area (Å²) in [5, 5.41) is 48.0. The molecule has 23 nitrogen and oxygen atoms in total. The first kappa shape index (κ1) is 125. The molecule has 0 aliphatic heterocycles. The van der Waals surface area contributed by atoms with Gasteiger partial charge in [-0.3, -0.25) is 62.6 Å². The number of unbranched alkanes of at least 4 members (excludes halogenated alkanes) is 72. The van der Waals surface area contributed by atoms with E-state index in [1.54, 1.807) is 0 Å². The molecule has 0 fully saturated rings. The highest BCUT2D eigenvalue weighted by Crippen LogP contribution is 2.28. The first-order valence-corrected chi connectivity index (χ1v) is 54.4. The highest BCUT2D eigenvalue weighted by atomic mass is 16.6. The minimum atomic E-state index is -1.82. The van der Waals surface area contributed by atoms with E-state index in [9.17, 15) is 73.5 Å². The second-order valence-corrected chi connectivity index (χ2v) is 38.4. The van der Waals surface area contributed by atoms with Gasteiger partial charge in [0.2, 0.25) is 0 Å². The highest BCUT2D eigenvalue weighted by Gasteiger charge is 2.45. The molecule has 0 aromatic carbocycles. The molecule has 1 unspecified atom stereocenters. The van der Waals surface area contributed by atoms with Crippen molar-refractivity contribution in [3.8, 4) is 0 Å². The van der Waals surface area contributed by atoms with Crippen molar-refractivity contribution in [3.63, 3.8) is 0 Å². The Kier molecular flexibility index (Phi) is 91.3. The summed E-state index contributed by atoms with van der Waals surface area (Å²) in [5.74, 6) is -10.0. The van der Waals surface area contributed by atoms with Crippen LogP contribution in [0.2, 0.25) is 0 Å². The Labute approximate surface area is 792 Å². The number of carboxylic acid groups (broad SMARTS) is 5. The zero-order valence-corrected chi connectivity index (χ0v) is 83.8. The zero-order chi connectivity index (χ0) is 95.2. The molecule has 1 atom stereocenters. The topological polar surface area (TPSA) is 328 Å². The third-order valence-corrected chi connectivity index (χ3v) is 25.8. The lowest BCUT2D eigenvalue weighted by Crippen LogP contribution is -2.57. The Morgan fingerprint density at radius 1 is 0.215 bits per heavy atom. The summed E-state index contributed by atoms with van der Waals surface area (Å²) in [4.78, 5) is 131. The number of carboxylic acids is 5. The smallest absolute Gasteiger partial charge is 0.322 e. The van der Waals surface area contributed by atoms with Crippen LogP contribution in [0.25, 0.3) is 0 Å². The van der Waals surface area contributed by atoms with Crippen LogP contribution in [0.3, 0.4) is 0 Å². The molecule has 0 aliphatic carbocycles. The molecule has 5 N–H and O–H groups in total. The van der Waals surface area contributed by atoms with Crippen LogP contribution in [0.1, 0.15) is 534 Å². The summed E-state index contributed by atoms with van der Waals surface area (Å²) < 4.78 is 29.3. The lowest BCUT2D eigenvalue weighted by Gasteiger charge is -2.37. The van der Waals surface area contributed by atoms with Gasteiger partial charge in [0.15, 0.2) is 5.41 Å². The number of hydrogen-bond donors (Lipinski definition) is 5. The predicted molar refractivity (Wildman–Crippen MR) is 525 cm³/mol. The SMILES string of the molecule is CCCCCCCCCCCCCCCCCCCCCCCCCC(=O)OCC(COC(=O)CCCCCCCCCCCCCCCCCCCCCCCCC)(COC(=O)CCCCCCCCCCCCCCCCCCCCCCCCC)C(=O)OCCCCCCCCCC(=O)OCC(N(CCN(CC(=O)O)CC(=O)O)CC(=O)O)N(CC(=O)O)CC(=O)O. The summed E-state index contributed by atoms with van der Waals surface area (Å²) in [6.45, 7) is -0.0847. The molecule has 762 valence electrons. The van der Waals surface area contributed by atoms with Gasteiger partial charge in [-0.25, -0.2) is 0 Å². The lowest BCUT2D eigenvalue weighted by molar-refractivity contribution is -0.180. The number of ether oxygens (including phenoxy) is 5. The summed E-state index contributed by atoms with van der Waals surface area (Å²) in [6, 6.07) is 0. The van der Waals surface area contributed by atoms with Crippen molar-refractivity contribution in [1.82, 2.24) is 14.7 Å². The van der Waals surface area contributed by atoms with E-state index < -0.39 is 130 Å². The second kappa shape index (κ2) is 95.3. The Bertz CT molecular complexity index is 2470. The molecule has 0 rings (SSSR count). The minimum Gasteiger partial charge on any atom is -0.480 e. The average molecular weight is 1850 g/mol. The van der Waals surface area contributed by atoms with Gasteiger partial charge >= 0.3 is 59.7 Å². The van der Waals surface area contributed by atoms with Gasteiger partial charge in [-0.1, -0.05) is 477 Å². The third kappa shape index (κ3) is 86.7. The van der Waals surface area contributed by atoms with Crippen molar-refractivity contribution in [1.29, 1.82) is 0 Å². The van der Waals surface area contributed by atoms with E-state index in [0.717, 1.165) is 85.3 Å². The van der Waals surface area contributed by atoms with E-state index in [0.29, 0.717) is 51.4 Å². The van der Waals surface area contributed by atoms with E-state index >= 15 is 0 Å². The van der Waals surface area contributed by atoms with Crippen LogP contribution < -0.4 is 0 Å². The Balaban J connectivity index is 5.94. The standard InChI is InChI=1S/C107H199N3O20/c1-4-7-10-13-16-19-22-25-28-31-34-37-40-43-46-49-52-55-58-61-65-71-76-81-103(122)128-93-107(94-129-104(123)82-77-72-66-62-59-56-53-50-47-44-41-38-35-32-29-26-23-20-17-14-11-8-5-2,95-130-105(124)83-78-73-67-63-60-57-54-51-48-45-42-39-36-33-30-27-24-21-18-15-12-9-6-3)106(125)126-86-79-74-69-64-68-70-75-80-102(121)127-92-96(110(90-100(117)118)91-101(119)120)109(89-99(115)116)85-84-108(87-97(111)112)88-98(113)114/h96H,4-95H2,1-3H3,(H,111,112)(H,113,114)(H,115,116)(H,117,118)(H,119,120). The molecule has 0 bridgehead atoms. The van der Waals surface area contributed by atoms with Crippen LogP contribution in [0, 0.1) is 5.41 Å². The van der Waals surface area contributed by atoms with Gasteiger partial charge in [0.1, 0.15) is 26.4 Å². The fourth-order valence-electron chi connectivity index (χ4n) is 17.6. The third-order valence-electron chi connectivity index (χ3n) is 25.8.